The van der Waals surface area contributed by atoms with Crippen molar-refractivity contribution in [1.82, 2.24) is 5.32 Å². The SMILES string of the molecule is CCC(C)(NC(=O)C(F)(F)C(F)(F)F)C(=O)CBr. The molecule has 9 heteroatoms. The summed E-state index contributed by atoms with van der Waals surface area (Å²) in [6, 6.07) is 0. The lowest BCUT2D eigenvalue weighted by atomic mass is 9.93. The van der Waals surface area contributed by atoms with Crippen molar-refractivity contribution in [2.75, 3.05) is 5.33 Å². The van der Waals surface area contributed by atoms with Crippen LogP contribution >= 0.6 is 15.9 Å². The lowest BCUT2D eigenvalue weighted by molar-refractivity contribution is -0.270. The van der Waals surface area contributed by atoms with E-state index in [2.05, 4.69) is 15.9 Å². The Balaban J connectivity index is 5.11. The standard InChI is InChI=1S/C9H11BrF5NO2/c1-3-7(2,5(17)4-10)16-6(18)8(11,12)9(13,14)15/h3-4H2,1-2H3,(H,16,18). The van der Waals surface area contributed by atoms with E-state index in [1.165, 1.54) is 12.2 Å². The lowest BCUT2D eigenvalue weighted by Gasteiger charge is -2.30. The van der Waals surface area contributed by atoms with E-state index >= 15 is 0 Å². The second-order valence-electron chi connectivity index (χ2n) is 3.77. The van der Waals surface area contributed by atoms with Crippen molar-refractivity contribution in [3.63, 3.8) is 0 Å². The molecule has 0 aromatic rings. The molecule has 0 aromatic carbocycles. The molecule has 106 valence electrons. The molecule has 1 unspecified atom stereocenters. The molecule has 0 rings (SSSR count). The van der Waals surface area contributed by atoms with Gasteiger partial charge in [-0.25, -0.2) is 0 Å². The first-order valence-corrected chi connectivity index (χ1v) is 5.91. The highest BCUT2D eigenvalue weighted by Gasteiger charge is 2.64. The average Bonchev–Trinajstić information content (AvgIpc) is 2.25. The van der Waals surface area contributed by atoms with Crippen molar-refractivity contribution in [3.05, 3.63) is 0 Å². The maximum Gasteiger partial charge on any atom is 0.463 e. The molecular weight excluding hydrogens is 329 g/mol. The fourth-order valence-corrected chi connectivity index (χ4v) is 1.58. The molecule has 3 nitrogen and oxygen atoms in total. The lowest BCUT2D eigenvalue weighted by Crippen LogP contribution is -2.60. The van der Waals surface area contributed by atoms with E-state index in [1.54, 1.807) is 0 Å². The first-order valence-electron chi connectivity index (χ1n) is 4.78. The monoisotopic (exact) mass is 339 g/mol. The Labute approximate surface area is 108 Å². The summed E-state index contributed by atoms with van der Waals surface area (Å²) < 4.78 is 61.2. The average molecular weight is 340 g/mol. The minimum Gasteiger partial charge on any atom is -0.338 e. The van der Waals surface area contributed by atoms with Crippen LogP contribution in [-0.4, -0.2) is 34.7 Å². The van der Waals surface area contributed by atoms with Crippen LogP contribution in [0.4, 0.5) is 22.0 Å². The number of halogens is 6. The molecule has 0 aromatic heterocycles. The van der Waals surface area contributed by atoms with Gasteiger partial charge in [0.05, 0.1) is 10.9 Å². The third-order valence-corrected chi connectivity index (χ3v) is 2.98. The van der Waals surface area contributed by atoms with Crippen LogP contribution in [0.2, 0.25) is 0 Å². The van der Waals surface area contributed by atoms with Gasteiger partial charge in [-0.1, -0.05) is 22.9 Å². The number of rotatable bonds is 5. The van der Waals surface area contributed by atoms with E-state index in [0.717, 1.165) is 6.92 Å². The molecule has 0 saturated carbocycles. The molecule has 0 saturated heterocycles. The number of hydrogen-bond donors (Lipinski definition) is 1. The predicted molar refractivity (Wildman–Crippen MR) is 56.6 cm³/mol. The number of Topliss-reactive ketones (excluding diaryl/α,β-unsaturated/α-hetero) is 1. The molecule has 1 atom stereocenters. The number of carbonyl (C=O) groups excluding carboxylic acids is 2. The highest BCUT2D eigenvalue weighted by molar-refractivity contribution is 9.09. The molecule has 0 fully saturated rings. The van der Waals surface area contributed by atoms with Gasteiger partial charge in [0.25, 0.3) is 0 Å². The smallest absolute Gasteiger partial charge is 0.338 e. The van der Waals surface area contributed by atoms with Crippen LogP contribution in [0.15, 0.2) is 0 Å². The highest BCUT2D eigenvalue weighted by Crippen LogP contribution is 2.36. The number of ketones is 1. The molecule has 0 spiro atoms. The normalized spacial score (nSPS) is 16.0. The van der Waals surface area contributed by atoms with Gasteiger partial charge in [0.15, 0.2) is 5.78 Å². The fourth-order valence-electron chi connectivity index (χ4n) is 0.961. The second-order valence-corrected chi connectivity index (χ2v) is 4.33. The summed E-state index contributed by atoms with van der Waals surface area (Å²) in [7, 11) is 0. The maximum absolute atomic E-state index is 12.7. The third-order valence-electron chi connectivity index (χ3n) is 2.47. The minimum atomic E-state index is -6.00. The van der Waals surface area contributed by atoms with Crippen LogP contribution in [0.25, 0.3) is 0 Å². The Kier molecular flexibility index (Phi) is 5.27. The van der Waals surface area contributed by atoms with E-state index in [9.17, 15) is 31.5 Å². The summed E-state index contributed by atoms with van der Waals surface area (Å²) >= 11 is 2.76. The zero-order valence-electron chi connectivity index (χ0n) is 9.50. The molecular formula is C9H11BrF5NO2. The summed E-state index contributed by atoms with van der Waals surface area (Å²) in [5.41, 5.74) is -1.77. The van der Waals surface area contributed by atoms with Gasteiger partial charge in [0.1, 0.15) is 0 Å². The van der Waals surface area contributed by atoms with E-state index in [1.807, 2.05) is 0 Å². The number of carbonyl (C=O) groups is 2. The molecule has 0 heterocycles. The van der Waals surface area contributed by atoms with Gasteiger partial charge < -0.3 is 5.32 Å². The summed E-state index contributed by atoms with van der Waals surface area (Å²) in [5, 5.41) is 1.18. The number of nitrogens with one attached hydrogen (secondary N) is 1. The van der Waals surface area contributed by atoms with Crippen LogP contribution in [0.3, 0.4) is 0 Å². The largest absolute Gasteiger partial charge is 0.463 e. The second kappa shape index (κ2) is 5.50. The Bertz CT molecular complexity index is 344. The van der Waals surface area contributed by atoms with Crippen LogP contribution in [0.5, 0.6) is 0 Å². The first-order chi connectivity index (χ1) is 7.92. The predicted octanol–water partition coefficient (Wildman–Crippen LogP) is 2.43. The summed E-state index contributed by atoms with van der Waals surface area (Å²) in [4.78, 5) is 22.3. The van der Waals surface area contributed by atoms with Crippen molar-refractivity contribution >= 4 is 27.6 Å². The molecule has 0 radical (unpaired) electrons. The summed E-state index contributed by atoms with van der Waals surface area (Å²) in [6.07, 6.45) is -6.11. The third kappa shape index (κ3) is 3.39. The number of hydrogen-bond acceptors (Lipinski definition) is 2. The molecule has 0 aliphatic carbocycles. The molecule has 0 bridgehead atoms. The van der Waals surface area contributed by atoms with Gasteiger partial charge in [0.2, 0.25) is 0 Å². The Morgan fingerprint density at radius 3 is 1.89 bits per heavy atom. The van der Waals surface area contributed by atoms with E-state index in [0.29, 0.717) is 0 Å². The maximum atomic E-state index is 12.7. The molecule has 0 aliphatic heterocycles. The molecule has 0 aliphatic rings. The van der Waals surface area contributed by atoms with Gasteiger partial charge >= 0.3 is 18.0 Å². The van der Waals surface area contributed by atoms with E-state index in [4.69, 9.17) is 0 Å². The van der Waals surface area contributed by atoms with Gasteiger partial charge in [-0.15, -0.1) is 0 Å². The van der Waals surface area contributed by atoms with Crippen molar-refractivity contribution < 1.29 is 31.5 Å². The highest BCUT2D eigenvalue weighted by atomic mass is 79.9. The molecule has 18 heavy (non-hydrogen) atoms. The van der Waals surface area contributed by atoms with Crippen LogP contribution in [0, 0.1) is 0 Å². The van der Waals surface area contributed by atoms with Gasteiger partial charge in [0, 0.05) is 0 Å². The van der Waals surface area contributed by atoms with Crippen molar-refractivity contribution in [3.8, 4) is 0 Å². The van der Waals surface area contributed by atoms with Crippen LogP contribution in [0.1, 0.15) is 20.3 Å². The molecule has 1 N–H and O–H groups in total. The Morgan fingerprint density at radius 1 is 1.17 bits per heavy atom. The van der Waals surface area contributed by atoms with Crippen LogP contribution in [-0.2, 0) is 9.59 Å². The van der Waals surface area contributed by atoms with Gasteiger partial charge in [-0.3, -0.25) is 9.59 Å². The number of amides is 1. The first kappa shape index (κ1) is 17.3. The Morgan fingerprint density at radius 2 is 1.61 bits per heavy atom. The van der Waals surface area contributed by atoms with Crippen LogP contribution < -0.4 is 5.32 Å². The minimum absolute atomic E-state index is 0.114. The van der Waals surface area contributed by atoms with Crippen molar-refractivity contribution in [1.29, 1.82) is 0 Å². The van der Waals surface area contributed by atoms with Crippen molar-refractivity contribution in [2.45, 2.75) is 37.9 Å². The topological polar surface area (TPSA) is 46.2 Å². The Hall–Kier alpha value is -0.730. The molecule has 1 amide bonds. The van der Waals surface area contributed by atoms with E-state index < -0.39 is 29.3 Å². The summed E-state index contributed by atoms with van der Waals surface area (Å²) in [5.74, 6) is -8.76. The van der Waals surface area contributed by atoms with Gasteiger partial charge in [-0.2, -0.15) is 22.0 Å². The zero-order valence-corrected chi connectivity index (χ0v) is 11.1. The fraction of sp³-hybridized carbons (Fsp3) is 0.778. The quantitative estimate of drug-likeness (QED) is 0.617. The number of alkyl halides is 6. The van der Waals surface area contributed by atoms with E-state index in [-0.39, 0.29) is 11.8 Å². The summed E-state index contributed by atoms with van der Waals surface area (Å²) in [6.45, 7) is 2.47. The zero-order chi connectivity index (χ0) is 14.8. The van der Waals surface area contributed by atoms with Gasteiger partial charge in [-0.05, 0) is 13.3 Å². The van der Waals surface area contributed by atoms with Crippen molar-refractivity contribution in [2.24, 2.45) is 0 Å².